The lowest BCUT2D eigenvalue weighted by Gasteiger charge is -2.32. The molecule has 0 aliphatic carbocycles. The number of carbonyl (C=O) groups is 1. The first-order valence-corrected chi connectivity index (χ1v) is 10.8. The molecule has 0 bridgehead atoms. The van der Waals surface area contributed by atoms with Crippen LogP contribution < -0.4 is 16.0 Å². The van der Waals surface area contributed by atoms with Crippen LogP contribution in [0.2, 0.25) is 0 Å². The molecule has 2 saturated heterocycles. The van der Waals surface area contributed by atoms with E-state index in [1.54, 1.807) is 7.05 Å². The van der Waals surface area contributed by atoms with Crippen LogP contribution in [0.1, 0.15) is 39.0 Å². The summed E-state index contributed by atoms with van der Waals surface area (Å²) in [6.45, 7) is 9.42. The highest BCUT2D eigenvalue weighted by atomic mass is 16.5. The van der Waals surface area contributed by atoms with Crippen molar-refractivity contribution in [2.75, 3.05) is 66.2 Å². The maximum absolute atomic E-state index is 11.5. The predicted octanol–water partition coefficient (Wildman–Crippen LogP) is 0.585. The van der Waals surface area contributed by atoms with E-state index in [4.69, 9.17) is 9.47 Å². The maximum atomic E-state index is 11.5. The smallest absolute Gasteiger partial charge is 0.233 e. The van der Waals surface area contributed by atoms with Crippen molar-refractivity contribution in [3.05, 3.63) is 0 Å². The number of rotatable bonds is 10. The highest BCUT2D eigenvalue weighted by Crippen LogP contribution is 2.14. The molecule has 0 aromatic heterocycles. The van der Waals surface area contributed by atoms with Crippen molar-refractivity contribution < 1.29 is 14.3 Å². The minimum atomic E-state index is 0.0837. The van der Waals surface area contributed by atoms with E-state index in [1.165, 1.54) is 0 Å². The molecule has 28 heavy (non-hydrogen) atoms. The van der Waals surface area contributed by atoms with Gasteiger partial charge in [0.05, 0.1) is 6.54 Å². The second kappa shape index (κ2) is 13.7. The Kier molecular flexibility index (Phi) is 11.2. The molecule has 2 heterocycles. The van der Waals surface area contributed by atoms with Gasteiger partial charge in [-0.05, 0) is 44.9 Å². The van der Waals surface area contributed by atoms with Crippen LogP contribution in [0.4, 0.5) is 0 Å². The number of likely N-dealkylation sites (tertiary alicyclic amines) is 1. The van der Waals surface area contributed by atoms with E-state index in [9.17, 15) is 4.79 Å². The van der Waals surface area contributed by atoms with E-state index in [2.05, 4.69) is 32.8 Å². The Labute approximate surface area is 169 Å². The lowest BCUT2D eigenvalue weighted by molar-refractivity contribution is -0.122. The molecular formula is C20H39N5O3. The number of nitrogens with zero attached hydrogens (tertiary/aromatic N) is 2. The zero-order valence-electron chi connectivity index (χ0n) is 17.7. The van der Waals surface area contributed by atoms with Gasteiger partial charge in [0.15, 0.2) is 5.96 Å². The second-order valence-electron chi connectivity index (χ2n) is 7.61. The Bertz CT molecular complexity index is 461. The van der Waals surface area contributed by atoms with Gasteiger partial charge in [0.1, 0.15) is 0 Å². The number of likely N-dealkylation sites (N-methyl/N-ethyl adjacent to an activating group) is 1. The van der Waals surface area contributed by atoms with Crippen LogP contribution in [0.5, 0.6) is 0 Å². The fraction of sp³-hybridized carbons (Fsp3) is 0.900. The first-order chi connectivity index (χ1) is 13.7. The third-order valence-electron chi connectivity index (χ3n) is 5.33. The molecule has 2 aliphatic rings. The summed E-state index contributed by atoms with van der Waals surface area (Å²) in [6.07, 6.45) is 5.22. The Morgan fingerprint density at radius 3 is 2.64 bits per heavy atom. The van der Waals surface area contributed by atoms with Gasteiger partial charge in [-0.3, -0.25) is 14.7 Å². The first kappa shape index (κ1) is 22.9. The molecule has 0 radical (unpaired) electrons. The first-order valence-electron chi connectivity index (χ1n) is 10.8. The van der Waals surface area contributed by atoms with E-state index in [0.717, 1.165) is 90.7 Å². The summed E-state index contributed by atoms with van der Waals surface area (Å²) in [6, 6.07) is 0.406. The molecule has 3 N–H and O–H groups in total. The SMILES string of the molecule is CCNC(=NCCCOCC1CCOCC1)NC1CCN(CC(=O)NC)CC1. The number of carbonyl (C=O) groups excluding carboxylic acids is 1. The van der Waals surface area contributed by atoms with Crippen LogP contribution >= 0.6 is 0 Å². The summed E-state index contributed by atoms with van der Waals surface area (Å²) >= 11 is 0. The predicted molar refractivity (Wildman–Crippen MR) is 112 cm³/mol. The van der Waals surface area contributed by atoms with Crippen LogP contribution in [-0.4, -0.2) is 89.0 Å². The normalized spacial score (nSPS) is 20.1. The topological polar surface area (TPSA) is 87.2 Å². The van der Waals surface area contributed by atoms with Gasteiger partial charge in [0, 0.05) is 65.7 Å². The van der Waals surface area contributed by atoms with Crippen LogP contribution in [0, 0.1) is 5.92 Å². The number of amides is 1. The van der Waals surface area contributed by atoms with Crippen molar-refractivity contribution >= 4 is 11.9 Å². The molecule has 0 unspecified atom stereocenters. The minimum Gasteiger partial charge on any atom is -0.381 e. The van der Waals surface area contributed by atoms with Gasteiger partial charge in [-0.2, -0.15) is 0 Å². The standard InChI is InChI=1S/C20H39N5O3/c1-3-22-20(23-9-4-12-28-16-17-7-13-27-14-8-17)24-18-5-10-25(11-6-18)15-19(26)21-2/h17-18H,3-16H2,1-2H3,(H,21,26)(H2,22,23,24). The van der Waals surface area contributed by atoms with Gasteiger partial charge in [-0.15, -0.1) is 0 Å². The third-order valence-corrected chi connectivity index (χ3v) is 5.33. The highest BCUT2D eigenvalue weighted by molar-refractivity contribution is 5.80. The summed E-state index contributed by atoms with van der Waals surface area (Å²) < 4.78 is 11.2. The molecule has 2 fully saturated rings. The molecule has 0 saturated carbocycles. The van der Waals surface area contributed by atoms with E-state index < -0.39 is 0 Å². The molecule has 8 nitrogen and oxygen atoms in total. The molecule has 0 spiro atoms. The van der Waals surface area contributed by atoms with E-state index in [0.29, 0.717) is 18.5 Å². The number of piperidine rings is 1. The minimum absolute atomic E-state index is 0.0837. The zero-order chi connectivity index (χ0) is 20.0. The molecule has 0 aromatic carbocycles. The lowest BCUT2D eigenvalue weighted by Crippen LogP contribution is -2.50. The quantitative estimate of drug-likeness (QED) is 0.284. The number of nitrogens with one attached hydrogen (secondary N) is 3. The van der Waals surface area contributed by atoms with Gasteiger partial charge >= 0.3 is 0 Å². The van der Waals surface area contributed by atoms with Gasteiger partial charge in [0.2, 0.25) is 5.91 Å². The van der Waals surface area contributed by atoms with Crippen molar-refractivity contribution in [1.29, 1.82) is 0 Å². The van der Waals surface area contributed by atoms with Crippen LogP contribution in [-0.2, 0) is 14.3 Å². The van der Waals surface area contributed by atoms with E-state index in [-0.39, 0.29) is 5.91 Å². The van der Waals surface area contributed by atoms with Gasteiger partial charge in [-0.1, -0.05) is 0 Å². The Balaban J connectivity index is 1.60. The second-order valence-corrected chi connectivity index (χ2v) is 7.61. The molecule has 8 heteroatoms. The summed E-state index contributed by atoms with van der Waals surface area (Å²) in [7, 11) is 1.69. The number of hydrogen-bond acceptors (Lipinski definition) is 5. The van der Waals surface area contributed by atoms with E-state index >= 15 is 0 Å². The molecule has 162 valence electrons. The summed E-state index contributed by atoms with van der Waals surface area (Å²) in [4.78, 5) is 18.4. The van der Waals surface area contributed by atoms with Crippen molar-refractivity contribution in [1.82, 2.24) is 20.9 Å². The zero-order valence-corrected chi connectivity index (χ0v) is 17.7. The summed E-state index contributed by atoms with van der Waals surface area (Å²) in [5.41, 5.74) is 0. The Morgan fingerprint density at radius 1 is 1.21 bits per heavy atom. The molecule has 2 aliphatic heterocycles. The number of hydrogen-bond donors (Lipinski definition) is 3. The van der Waals surface area contributed by atoms with Crippen LogP contribution in [0.3, 0.4) is 0 Å². The summed E-state index contributed by atoms with van der Waals surface area (Å²) in [5.74, 6) is 1.63. The van der Waals surface area contributed by atoms with Crippen molar-refractivity contribution in [3.8, 4) is 0 Å². The fourth-order valence-electron chi connectivity index (χ4n) is 3.55. The number of guanidine groups is 1. The molecular weight excluding hydrogens is 358 g/mol. The number of aliphatic imine (C=N–C) groups is 1. The van der Waals surface area contributed by atoms with Crippen molar-refractivity contribution in [2.24, 2.45) is 10.9 Å². The third kappa shape index (κ3) is 9.21. The average molecular weight is 398 g/mol. The monoisotopic (exact) mass is 397 g/mol. The Morgan fingerprint density at radius 2 is 1.96 bits per heavy atom. The maximum Gasteiger partial charge on any atom is 0.233 e. The van der Waals surface area contributed by atoms with Crippen molar-refractivity contribution in [2.45, 2.75) is 45.1 Å². The van der Waals surface area contributed by atoms with Gasteiger partial charge in [-0.25, -0.2) is 0 Å². The van der Waals surface area contributed by atoms with Gasteiger partial charge in [0.25, 0.3) is 0 Å². The van der Waals surface area contributed by atoms with Crippen LogP contribution in [0.25, 0.3) is 0 Å². The molecule has 1 amide bonds. The molecule has 0 aromatic rings. The van der Waals surface area contributed by atoms with Crippen molar-refractivity contribution in [3.63, 3.8) is 0 Å². The lowest BCUT2D eigenvalue weighted by atomic mass is 10.0. The highest BCUT2D eigenvalue weighted by Gasteiger charge is 2.21. The molecule has 2 rings (SSSR count). The molecule has 0 atom stereocenters. The Hall–Kier alpha value is -1.38. The van der Waals surface area contributed by atoms with Crippen LogP contribution in [0.15, 0.2) is 4.99 Å². The summed E-state index contributed by atoms with van der Waals surface area (Å²) in [5, 5.41) is 9.56. The average Bonchev–Trinajstić information content (AvgIpc) is 2.72. The largest absolute Gasteiger partial charge is 0.381 e. The fourth-order valence-corrected chi connectivity index (χ4v) is 3.55. The van der Waals surface area contributed by atoms with E-state index in [1.807, 2.05) is 0 Å². The number of ether oxygens (including phenoxy) is 2. The van der Waals surface area contributed by atoms with Gasteiger partial charge < -0.3 is 25.4 Å².